The van der Waals surface area contributed by atoms with E-state index < -0.39 is 11.8 Å². The maximum Gasteiger partial charge on any atom is 0.316 e. The van der Waals surface area contributed by atoms with Gasteiger partial charge in [0.1, 0.15) is 0 Å². The van der Waals surface area contributed by atoms with Gasteiger partial charge < -0.3 is 0 Å². The van der Waals surface area contributed by atoms with Gasteiger partial charge in [-0.05, 0) is 6.92 Å². The summed E-state index contributed by atoms with van der Waals surface area (Å²) in [5.41, 5.74) is 0. The SMILES string of the molecule is CCN=C1NC(=O)C(=O)N1. The number of carbonyl (C=O) groups excluding carboxylic acids is 2. The van der Waals surface area contributed by atoms with E-state index in [0.29, 0.717) is 6.54 Å². The van der Waals surface area contributed by atoms with E-state index in [-0.39, 0.29) is 5.96 Å². The third-order valence-electron chi connectivity index (χ3n) is 0.986. The van der Waals surface area contributed by atoms with E-state index in [9.17, 15) is 9.59 Å². The van der Waals surface area contributed by atoms with Gasteiger partial charge in [-0.2, -0.15) is 0 Å². The summed E-state index contributed by atoms with van der Waals surface area (Å²) >= 11 is 0. The molecule has 1 heterocycles. The lowest BCUT2D eigenvalue weighted by Crippen LogP contribution is -2.25. The Bertz CT molecular complexity index is 191. The number of hydrogen-bond donors (Lipinski definition) is 2. The van der Waals surface area contributed by atoms with E-state index in [4.69, 9.17) is 0 Å². The Labute approximate surface area is 57.5 Å². The van der Waals surface area contributed by atoms with Gasteiger partial charge in [0.25, 0.3) is 0 Å². The van der Waals surface area contributed by atoms with Crippen molar-refractivity contribution in [2.24, 2.45) is 4.99 Å². The summed E-state index contributed by atoms with van der Waals surface area (Å²) in [6.07, 6.45) is 0. The summed E-state index contributed by atoms with van der Waals surface area (Å²) in [5, 5.41) is 4.51. The monoisotopic (exact) mass is 141 g/mol. The number of hydrogen-bond acceptors (Lipinski definition) is 3. The van der Waals surface area contributed by atoms with Crippen molar-refractivity contribution in [2.75, 3.05) is 6.54 Å². The van der Waals surface area contributed by atoms with Crippen LogP contribution in [0.3, 0.4) is 0 Å². The molecule has 2 N–H and O–H groups in total. The summed E-state index contributed by atoms with van der Waals surface area (Å²) in [6, 6.07) is 0. The van der Waals surface area contributed by atoms with E-state index in [1.54, 1.807) is 0 Å². The van der Waals surface area contributed by atoms with Gasteiger partial charge >= 0.3 is 11.8 Å². The van der Waals surface area contributed by atoms with Crippen molar-refractivity contribution in [3.8, 4) is 0 Å². The first-order valence-electron chi connectivity index (χ1n) is 2.91. The first kappa shape index (κ1) is 6.73. The maximum atomic E-state index is 10.5. The zero-order chi connectivity index (χ0) is 7.56. The molecule has 2 amide bonds. The lowest BCUT2D eigenvalue weighted by Gasteiger charge is -1.90. The molecular formula is C5H7N3O2. The zero-order valence-corrected chi connectivity index (χ0v) is 5.47. The summed E-state index contributed by atoms with van der Waals surface area (Å²) in [5.74, 6) is -1.04. The van der Waals surface area contributed by atoms with Crippen LogP contribution >= 0.6 is 0 Å². The predicted molar refractivity (Wildman–Crippen MR) is 34.3 cm³/mol. The molecule has 1 saturated heterocycles. The summed E-state index contributed by atoms with van der Waals surface area (Å²) < 4.78 is 0. The van der Waals surface area contributed by atoms with E-state index in [1.807, 2.05) is 6.92 Å². The van der Waals surface area contributed by atoms with E-state index in [0.717, 1.165) is 0 Å². The van der Waals surface area contributed by atoms with Crippen molar-refractivity contribution in [3.05, 3.63) is 0 Å². The minimum Gasteiger partial charge on any atom is -0.288 e. The van der Waals surface area contributed by atoms with Gasteiger partial charge in [-0.3, -0.25) is 25.2 Å². The average Bonchev–Trinajstić information content (AvgIpc) is 2.14. The molecule has 0 aromatic rings. The molecule has 0 aromatic carbocycles. The molecule has 0 spiro atoms. The molecule has 1 rings (SSSR count). The van der Waals surface area contributed by atoms with Gasteiger partial charge in [0.05, 0.1) is 0 Å². The molecule has 1 fully saturated rings. The Kier molecular flexibility index (Phi) is 1.66. The number of carbonyl (C=O) groups is 2. The first-order valence-corrected chi connectivity index (χ1v) is 2.91. The van der Waals surface area contributed by atoms with Crippen molar-refractivity contribution in [1.29, 1.82) is 0 Å². The molecule has 0 bridgehead atoms. The number of aliphatic imine (C=N–C) groups is 1. The number of guanidine groups is 1. The standard InChI is InChI=1S/C5H7N3O2/c1-2-6-5-7-3(9)4(10)8-5/h2H2,1H3,(H2,6,7,8,9,10). The van der Waals surface area contributed by atoms with Gasteiger partial charge in [-0.15, -0.1) is 0 Å². The second-order valence-electron chi connectivity index (χ2n) is 1.73. The minimum atomic E-state index is -0.646. The normalized spacial score (nSPS) is 16.7. The predicted octanol–water partition coefficient (Wildman–Crippen LogP) is -1.39. The van der Waals surface area contributed by atoms with Crippen LogP contribution in [0.4, 0.5) is 0 Å². The minimum absolute atomic E-state index is 0.248. The fourth-order valence-electron chi connectivity index (χ4n) is 0.597. The van der Waals surface area contributed by atoms with Crippen molar-refractivity contribution >= 4 is 17.8 Å². The molecule has 0 saturated carbocycles. The summed E-state index contributed by atoms with van der Waals surface area (Å²) in [6.45, 7) is 2.35. The Morgan fingerprint density at radius 2 is 1.80 bits per heavy atom. The fourth-order valence-corrected chi connectivity index (χ4v) is 0.597. The Balaban J connectivity index is 2.66. The highest BCUT2D eigenvalue weighted by Crippen LogP contribution is 1.81. The van der Waals surface area contributed by atoms with Crippen LogP contribution in [0, 0.1) is 0 Å². The third kappa shape index (κ3) is 1.12. The van der Waals surface area contributed by atoms with Crippen LogP contribution in [0.2, 0.25) is 0 Å². The van der Waals surface area contributed by atoms with E-state index in [2.05, 4.69) is 15.6 Å². The molecule has 54 valence electrons. The molecule has 0 unspecified atom stereocenters. The number of amides is 2. The summed E-state index contributed by atoms with van der Waals surface area (Å²) in [4.78, 5) is 24.7. The van der Waals surface area contributed by atoms with Gasteiger partial charge in [0, 0.05) is 6.54 Å². The van der Waals surface area contributed by atoms with E-state index >= 15 is 0 Å². The van der Waals surface area contributed by atoms with Crippen LogP contribution in [0.25, 0.3) is 0 Å². The van der Waals surface area contributed by atoms with Crippen LogP contribution < -0.4 is 10.6 Å². The number of nitrogens with zero attached hydrogens (tertiary/aromatic N) is 1. The first-order chi connectivity index (χ1) is 4.74. The third-order valence-corrected chi connectivity index (χ3v) is 0.986. The van der Waals surface area contributed by atoms with Gasteiger partial charge in [0.15, 0.2) is 0 Å². The van der Waals surface area contributed by atoms with Crippen LogP contribution in [-0.4, -0.2) is 24.3 Å². The lowest BCUT2D eigenvalue weighted by molar-refractivity contribution is -0.135. The lowest BCUT2D eigenvalue weighted by atomic mass is 10.6. The van der Waals surface area contributed by atoms with Crippen molar-refractivity contribution in [3.63, 3.8) is 0 Å². The van der Waals surface area contributed by atoms with Crippen LogP contribution in [0.1, 0.15) is 6.92 Å². The highest BCUT2D eigenvalue weighted by atomic mass is 16.2. The zero-order valence-electron chi connectivity index (χ0n) is 5.47. The Hall–Kier alpha value is -1.39. The second-order valence-corrected chi connectivity index (χ2v) is 1.73. The van der Waals surface area contributed by atoms with Gasteiger partial charge in [-0.1, -0.05) is 0 Å². The smallest absolute Gasteiger partial charge is 0.288 e. The highest BCUT2D eigenvalue weighted by molar-refractivity contribution is 6.45. The molecule has 1 aliphatic rings. The number of nitrogens with one attached hydrogen (secondary N) is 2. The van der Waals surface area contributed by atoms with Gasteiger partial charge in [-0.25, -0.2) is 0 Å². The molecule has 5 heteroatoms. The second kappa shape index (κ2) is 2.47. The van der Waals surface area contributed by atoms with Gasteiger partial charge in [0.2, 0.25) is 5.96 Å². The Morgan fingerprint density at radius 1 is 1.30 bits per heavy atom. The molecule has 0 aromatic heterocycles. The van der Waals surface area contributed by atoms with Crippen LogP contribution in [0.15, 0.2) is 4.99 Å². The molecular weight excluding hydrogens is 134 g/mol. The molecule has 0 aliphatic carbocycles. The van der Waals surface area contributed by atoms with Crippen molar-refractivity contribution in [1.82, 2.24) is 10.6 Å². The van der Waals surface area contributed by atoms with Crippen molar-refractivity contribution < 1.29 is 9.59 Å². The van der Waals surface area contributed by atoms with Crippen LogP contribution in [-0.2, 0) is 9.59 Å². The van der Waals surface area contributed by atoms with Crippen molar-refractivity contribution in [2.45, 2.75) is 6.92 Å². The number of rotatable bonds is 1. The van der Waals surface area contributed by atoms with Crippen LogP contribution in [0.5, 0.6) is 0 Å². The fraction of sp³-hybridized carbons (Fsp3) is 0.400. The Morgan fingerprint density at radius 3 is 2.20 bits per heavy atom. The quantitative estimate of drug-likeness (QED) is 0.441. The largest absolute Gasteiger partial charge is 0.316 e. The molecule has 0 atom stereocenters. The molecule has 5 nitrogen and oxygen atoms in total. The maximum absolute atomic E-state index is 10.5. The topological polar surface area (TPSA) is 70.6 Å². The molecule has 1 aliphatic heterocycles. The molecule has 10 heavy (non-hydrogen) atoms. The van der Waals surface area contributed by atoms with E-state index in [1.165, 1.54) is 0 Å². The highest BCUT2D eigenvalue weighted by Gasteiger charge is 2.24. The summed E-state index contributed by atoms with van der Waals surface area (Å²) in [7, 11) is 0. The average molecular weight is 141 g/mol. The molecule has 0 radical (unpaired) electrons.